The van der Waals surface area contributed by atoms with Crippen LogP contribution in [0.25, 0.3) is 76.6 Å². The van der Waals surface area contributed by atoms with Crippen LogP contribution in [0.1, 0.15) is 0 Å². The van der Waals surface area contributed by atoms with Gasteiger partial charge >= 0.3 is 0 Å². The van der Waals surface area contributed by atoms with E-state index in [4.69, 9.17) is 6.57 Å². The Morgan fingerprint density at radius 3 is 2.05 bits per heavy atom. The second kappa shape index (κ2) is 10.1. The van der Waals surface area contributed by atoms with Gasteiger partial charge < -0.3 is 4.57 Å². The lowest BCUT2D eigenvalue weighted by molar-refractivity contribution is 1.18. The molecule has 0 amide bonds. The molecule has 2 heterocycles. The summed E-state index contributed by atoms with van der Waals surface area (Å²) >= 11 is 0. The maximum Gasteiger partial charge on any atom is 0.190 e. The maximum atomic E-state index is 7.44. The van der Waals surface area contributed by atoms with Gasteiger partial charge in [-0.3, -0.25) is 4.98 Å². The first-order chi connectivity index (χ1) is 21.3. The van der Waals surface area contributed by atoms with Crippen molar-refractivity contribution in [3.8, 4) is 39.2 Å². The molecule has 2 aromatic heterocycles. The van der Waals surface area contributed by atoms with E-state index in [0.717, 1.165) is 28.1 Å². The molecule has 0 saturated carbocycles. The van der Waals surface area contributed by atoms with Crippen molar-refractivity contribution in [1.82, 2.24) is 9.55 Å². The van der Waals surface area contributed by atoms with Crippen LogP contribution in [0.4, 0.5) is 5.69 Å². The normalized spacial score (nSPS) is 11.2. The number of benzene rings is 6. The molecular formula is C40H25N3. The van der Waals surface area contributed by atoms with Gasteiger partial charge in [0.25, 0.3) is 0 Å². The number of para-hydroxylation sites is 1. The first kappa shape index (κ1) is 24.8. The summed E-state index contributed by atoms with van der Waals surface area (Å²) in [7, 11) is 0. The van der Waals surface area contributed by atoms with Gasteiger partial charge in [0.1, 0.15) is 0 Å². The molecule has 3 heteroatoms. The molecule has 3 nitrogen and oxygen atoms in total. The zero-order chi connectivity index (χ0) is 28.8. The summed E-state index contributed by atoms with van der Waals surface area (Å²) in [4.78, 5) is 8.18. The third kappa shape index (κ3) is 4.17. The summed E-state index contributed by atoms with van der Waals surface area (Å²) in [6.07, 6.45) is 1.71. The largest absolute Gasteiger partial charge is 0.309 e. The summed E-state index contributed by atoms with van der Waals surface area (Å²) in [5.74, 6) is 0. The molecule has 6 aromatic carbocycles. The van der Waals surface area contributed by atoms with Crippen LogP contribution in [0.15, 0.2) is 152 Å². The van der Waals surface area contributed by atoms with Gasteiger partial charge in [0.15, 0.2) is 5.69 Å². The van der Waals surface area contributed by atoms with Crippen molar-refractivity contribution in [3.63, 3.8) is 0 Å². The number of rotatable bonds is 4. The number of hydrogen-bond donors (Lipinski definition) is 0. The van der Waals surface area contributed by atoms with Crippen LogP contribution in [0, 0.1) is 6.57 Å². The molecule has 0 atom stereocenters. The minimum absolute atomic E-state index is 0.588. The van der Waals surface area contributed by atoms with Crippen LogP contribution in [0.5, 0.6) is 0 Å². The minimum atomic E-state index is 0.588. The average Bonchev–Trinajstić information content (AvgIpc) is 3.42. The van der Waals surface area contributed by atoms with Gasteiger partial charge in [0, 0.05) is 22.7 Å². The van der Waals surface area contributed by atoms with E-state index in [1.54, 1.807) is 12.3 Å². The quantitative estimate of drug-likeness (QED) is 0.201. The Bertz CT molecular complexity index is 2340. The lowest BCUT2D eigenvalue weighted by Crippen LogP contribution is -1.94. The van der Waals surface area contributed by atoms with Gasteiger partial charge in [-0.25, -0.2) is 4.85 Å². The van der Waals surface area contributed by atoms with E-state index in [1.165, 1.54) is 43.7 Å². The predicted octanol–water partition coefficient (Wildman–Crippen LogP) is 10.9. The van der Waals surface area contributed by atoms with Crippen LogP contribution in [0.2, 0.25) is 0 Å². The van der Waals surface area contributed by atoms with Crippen molar-refractivity contribution in [2.75, 3.05) is 0 Å². The van der Waals surface area contributed by atoms with E-state index < -0.39 is 0 Å². The predicted molar refractivity (Wildman–Crippen MR) is 179 cm³/mol. The Hall–Kier alpha value is -5.98. The maximum absolute atomic E-state index is 7.44. The van der Waals surface area contributed by atoms with Gasteiger partial charge in [-0.15, -0.1) is 0 Å². The number of nitrogens with zero attached hydrogens (tertiary/aromatic N) is 3. The van der Waals surface area contributed by atoms with Crippen molar-refractivity contribution in [2.45, 2.75) is 0 Å². The number of fused-ring (bicyclic) bond motifs is 5. The Kier molecular flexibility index (Phi) is 5.84. The van der Waals surface area contributed by atoms with E-state index in [1.807, 2.05) is 6.07 Å². The van der Waals surface area contributed by atoms with E-state index in [-0.39, 0.29) is 0 Å². The highest BCUT2D eigenvalue weighted by Gasteiger charge is 2.19. The van der Waals surface area contributed by atoms with E-state index in [2.05, 4.69) is 148 Å². The Balaban J connectivity index is 1.45. The topological polar surface area (TPSA) is 22.2 Å². The Labute approximate surface area is 249 Å². The number of pyridine rings is 1. The smallest absolute Gasteiger partial charge is 0.190 e. The summed E-state index contributed by atoms with van der Waals surface area (Å²) in [6.45, 7) is 7.44. The Morgan fingerprint density at radius 2 is 1.23 bits per heavy atom. The first-order valence-corrected chi connectivity index (χ1v) is 14.3. The summed E-state index contributed by atoms with van der Waals surface area (Å²) in [5.41, 5.74) is 10.5. The summed E-state index contributed by atoms with van der Waals surface area (Å²) < 4.78 is 2.40. The molecular weight excluding hydrogens is 522 g/mol. The first-order valence-electron chi connectivity index (χ1n) is 14.3. The van der Waals surface area contributed by atoms with E-state index in [0.29, 0.717) is 5.69 Å². The monoisotopic (exact) mass is 547 g/mol. The molecule has 8 aromatic rings. The molecule has 0 N–H and O–H groups in total. The third-order valence-electron chi connectivity index (χ3n) is 8.24. The molecule has 200 valence electrons. The minimum Gasteiger partial charge on any atom is -0.309 e. The molecule has 0 fully saturated rings. The second-order valence-electron chi connectivity index (χ2n) is 10.7. The molecule has 8 rings (SSSR count). The van der Waals surface area contributed by atoms with Crippen molar-refractivity contribution >= 4 is 38.3 Å². The lowest BCUT2D eigenvalue weighted by atomic mass is 9.93. The highest BCUT2D eigenvalue weighted by molar-refractivity contribution is 6.24. The molecule has 0 aliphatic rings. The molecule has 0 aliphatic heterocycles. The van der Waals surface area contributed by atoms with Crippen LogP contribution >= 0.6 is 0 Å². The molecule has 0 unspecified atom stereocenters. The van der Waals surface area contributed by atoms with Crippen molar-refractivity contribution in [1.29, 1.82) is 0 Å². The molecule has 0 saturated heterocycles. The van der Waals surface area contributed by atoms with Crippen LogP contribution in [-0.4, -0.2) is 9.55 Å². The van der Waals surface area contributed by atoms with E-state index in [9.17, 15) is 0 Å². The highest BCUT2D eigenvalue weighted by atomic mass is 15.0. The molecule has 43 heavy (non-hydrogen) atoms. The van der Waals surface area contributed by atoms with Gasteiger partial charge in [-0.2, -0.15) is 0 Å². The zero-order valence-electron chi connectivity index (χ0n) is 23.3. The van der Waals surface area contributed by atoms with Gasteiger partial charge in [-0.05, 0) is 81.1 Å². The van der Waals surface area contributed by atoms with Gasteiger partial charge in [0.2, 0.25) is 0 Å². The fourth-order valence-corrected chi connectivity index (χ4v) is 6.27. The molecule has 0 radical (unpaired) electrons. The Morgan fingerprint density at radius 1 is 0.512 bits per heavy atom. The fourth-order valence-electron chi connectivity index (χ4n) is 6.27. The lowest BCUT2D eigenvalue weighted by Gasteiger charge is -2.13. The highest BCUT2D eigenvalue weighted by Crippen LogP contribution is 2.42. The molecule has 0 bridgehead atoms. The SMILES string of the molecule is [C-]#[N+]c1ccnc(-c2cccc(-c3cc4c(c5ccccc35)c3ccc(-c5ccccc5)cc3n4-c3ccccc3)c2)c1. The summed E-state index contributed by atoms with van der Waals surface area (Å²) in [5, 5.41) is 4.91. The summed E-state index contributed by atoms with van der Waals surface area (Å²) in [6, 6.07) is 51.2. The van der Waals surface area contributed by atoms with Crippen LogP contribution in [0.3, 0.4) is 0 Å². The molecule has 0 spiro atoms. The fraction of sp³-hybridized carbons (Fsp3) is 0. The number of hydrogen-bond acceptors (Lipinski definition) is 1. The molecule has 0 aliphatic carbocycles. The number of aromatic nitrogens is 2. The second-order valence-corrected chi connectivity index (χ2v) is 10.7. The average molecular weight is 548 g/mol. The third-order valence-corrected chi connectivity index (χ3v) is 8.24. The zero-order valence-corrected chi connectivity index (χ0v) is 23.3. The van der Waals surface area contributed by atoms with Crippen molar-refractivity contribution < 1.29 is 0 Å². The van der Waals surface area contributed by atoms with Crippen molar-refractivity contribution in [2.24, 2.45) is 0 Å². The van der Waals surface area contributed by atoms with Crippen LogP contribution < -0.4 is 0 Å². The van der Waals surface area contributed by atoms with Gasteiger partial charge in [0.05, 0.1) is 23.3 Å². The van der Waals surface area contributed by atoms with E-state index >= 15 is 0 Å². The van der Waals surface area contributed by atoms with Gasteiger partial charge in [-0.1, -0.05) is 103 Å². The standard InChI is InChI=1S/C40H25N3/c1-41-31-21-22-42-37(25-31)30-14-10-13-29(23-30)36-26-39-40(34-18-9-8-17-33(34)36)35-20-19-28(27-11-4-2-5-12-27)24-38(35)43(39)32-15-6-3-7-16-32/h2-26H. The van der Waals surface area contributed by atoms with Crippen LogP contribution in [-0.2, 0) is 0 Å². The van der Waals surface area contributed by atoms with Crippen molar-refractivity contribution in [3.05, 3.63) is 163 Å².